The van der Waals surface area contributed by atoms with E-state index in [1.54, 1.807) is 6.07 Å². The minimum Gasteiger partial charge on any atom is -0.493 e. The van der Waals surface area contributed by atoms with E-state index in [0.29, 0.717) is 24.4 Å². The number of halogens is 3. The highest BCUT2D eigenvalue weighted by Gasteiger charge is 2.32. The first-order chi connectivity index (χ1) is 16.6. The van der Waals surface area contributed by atoms with Gasteiger partial charge in [-0.2, -0.15) is 13.2 Å². The van der Waals surface area contributed by atoms with Crippen molar-refractivity contribution in [2.45, 2.75) is 51.3 Å². The molecule has 1 aliphatic rings. The number of anilines is 2. The van der Waals surface area contributed by atoms with Crippen molar-refractivity contribution in [2.24, 2.45) is 0 Å². The molecular weight excluding hydrogens is 455 g/mol. The number of benzene rings is 2. The molecule has 5 nitrogen and oxygen atoms in total. The summed E-state index contributed by atoms with van der Waals surface area (Å²) in [6.45, 7) is 6.59. The Morgan fingerprint density at radius 1 is 1.11 bits per heavy atom. The predicted molar refractivity (Wildman–Crippen MR) is 132 cm³/mol. The number of hydrogen-bond acceptors (Lipinski definition) is 5. The molecule has 0 radical (unpaired) electrons. The number of likely N-dealkylation sites (tertiary alicyclic amines) is 1. The summed E-state index contributed by atoms with van der Waals surface area (Å²) >= 11 is 0. The van der Waals surface area contributed by atoms with Crippen molar-refractivity contribution >= 4 is 22.3 Å². The molecular formula is C27H32F3N3O2. The fourth-order valence-corrected chi connectivity index (χ4v) is 4.51. The van der Waals surface area contributed by atoms with E-state index in [2.05, 4.69) is 15.2 Å². The van der Waals surface area contributed by atoms with Gasteiger partial charge in [-0.25, -0.2) is 0 Å². The Bertz CT molecular complexity index is 1160. The highest BCUT2D eigenvalue weighted by molar-refractivity contribution is 5.93. The van der Waals surface area contributed by atoms with E-state index in [1.165, 1.54) is 0 Å². The highest BCUT2D eigenvalue weighted by Crippen LogP contribution is 2.36. The van der Waals surface area contributed by atoms with Crippen LogP contribution in [-0.2, 0) is 6.18 Å². The monoisotopic (exact) mass is 487 g/mol. The van der Waals surface area contributed by atoms with Gasteiger partial charge in [0.1, 0.15) is 5.75 Å². The molecule has 2 N–H and O–H groups in total. The van der Waals surface area contributed by atoms with Crippen LogP contribution in [-0.4, -0.2) is 46.8 Å². The van der Waals surface area contributed by atoms with Crippen molar-refractivity contribution in [2.75, 3.05) is 31.6 Å². The largest absolute Gasteiger partial charge is 0.493 e. The molecule has 0 spiro atoms. The third-order valence-electron chi connectivity index (χ3n) is 6.69. The van der Waals surface area contributed by atoms with Gasteiger partial charge < -0.3 is 20.1 Å². The van der Waals surface area contributed by atoms with Crippen LogP contribution in [0.25, 0.3) is 10.9 Å². The number of ether oxygens (including phenoxy) is 1. The molecule has 2 aromatic carbocycles. The third kappa shape index (κ3) is 6.44. The van der Waals surface area contributed by atoms with Crippen LogP contribution < -0.4 is 10.1 Å². The first-order valence-electron chi connectivity index (χ1n) is 12.1. The van der Waals surface area contributed by atoms with Gasteiger partial charge in [0.2, 0.25) is 0 Å². The fraction of sp³-hybridized carbons (Fsp3) is 0.444. The molecule has 0 unspecified atom stereocenters. The molecule has 0 saturated carbocycles. The van der Waals surface area contributed by atoms with Gasteiger partial charge in [-0.1, -0.05) is 25.1 Å². The smallest absolute Gasteiger partial charge is 0.416 e. The molecule has 0 atom stereocenters. The third-order valence-corrected chi connectivity index (χ3v) is 6.69. The van der Waals surface area contributed by atoms with Crippen LogP contribution >= 0.6 is 0 Å². The second kappa shape index (κ2) is 10.4. The zero-order chi connectivity index (χ0) is 25.1. The van der Waals surface area contributed by atoms with Gasteiger partial charge in [0, 0.05) is 48.2 Å². The maximum absolute atomic E-state index is 13.6. The number of alkyl halides is 3. The molecule has 35 heavy (non-hydrogen) atoms. The molecule has 188 valence electrons. The van der Waals surface area contributed by atoms with Crippen molar-refractivity contribution in [3.05, 3.63) is 59.8 Å². The molecule has 0 amide bonds. The summed E-state index contributed by atoms with van der Waals surface area (Å²) < 4.78 is 46.6. The summed E-state index contributed by atoms with van der Waals surface area (Å²) in [5.74, 6) is 0.177. The summed E-state index contributed by atoms with van der Waals surface area (Å²) in [6, 6.07) is 13.1. The van der Waals surface area contributed by atoms with Crippen molar-refractivity contribution in [3.8, 4) is 5.75 Å². The number of aliphatic hydroxyl groups is 1. The number of para-hydroxylation sites is 1. The lowest BCUT2D eigenvalue weighted by molar-refractivity contribution is -0.137. The Morgan fingerprint density at radius 2 is 1.86 bits per heavy atom. The van der Waals surface area contributed by atoms with Crippen molar-refractivity contribution in [1.82, 2.24) is 9.88 Å². The molecule has 1 aliphatic heterocycles. The summed E-state index contributed by atoms with van der Waals surface area (Å²) in [5, 5.41) is 14.3. The molecule has 4 rings (SSSR count). The first kappa shape index (κ1) is 25.3. The molecule has 0 aliphatic carbocycles. The van der Waals surface area contributed by atoms with Crippen LogP contribution in [0.5, 0.6) is 5.75 Å². The lowest BCUT2D eigenvalue weighted by Gasteiger charge is -2.37. The maximum Gasteiger partial charge on any atom is 0.416 e. The van der Waals surface area contributed by atoms with Gasteiger partial charge in [-0.15, -0.1) is 0 Å². The quantitative estimate of drug-likeness (QED) is 0.365. The zero-order valence-electron chi connectivity index (χ0n) is 20.2. The first-order valence-corrected chi connectivity index (χ1v) is 12.1. The molecule has 8 heteroatoms. The van der Waals surface area contributed by atoms with Gasteiger partial charge in [0.25, 0.3) is 0 Å². The van der Waals surface area contributed by atoms with E-state index >= 15 is 0 Å². The van der Waals surface area contributed by atoms with Gasteiger partial charge >= 0.3 is 6.18 Å². The van der Waals surface area contributed by atoms with E-state index in [4.69, 9.17) is 4.74 Å². The standard InChI is InChI=1S/C27H32F3N3O2/c1-3-26(34)9-12-33(13-10-26)11-6-14-35-22-17-20(27(28,29)30)16-21(18-22)32-25-15-19(2)31-24-8-5-4-7-23(24)25/h4-5,7-8,15-18,34H,3,6,9-14H2,1-2H3,(H,31,32). The number of piperidine rings is 1. The van der Waals surface area contributed by atoms with E-state index in [1.807, 2.05) is 44.2 Å². The van der Waals surface area contributed by atoms with Crippen LogP contribution in [0, 0.1) is 6.92 Å². The minimum absolute atomic E-state index is 0.177. The Balaban J connectivity index is 1.44. The lowest BCUT2D eigenvalue weighted by Crippen LogP contribution is -2.44. The lowest BCUT2D eigenvalue weighted by atomic mass is 9.89. The second-order valence-electron chi connectivity index (χ2n) is 9.32. The Labute approximate surface area is 203 Å². The van der Waals surface area contributed by atoms with Crippen LogP contribution in [0.15, 0.2) is 48.5 Å². The van der Waals surface area contributed by atoms with E-state index < -0.39 is 17.3 Å². The molecule has 1 saturated heterocycles. The summed E-state index contributed by atoms with van der Waals surface area (Å²) in [5.41, 5.74) is 1.21. The molecule has 2 heterocycles. The SMILES string of the molecule is CCC1(O)CCN(CCCOc2cc(Nc3cc(C)nc4ccccc34)cc(C(F)(F)F)c2)CC1. The fourth-order valence-electron chi connectivity index (χ4n) is 4.51. The molecule has 1 aromatic heterocycles. The minimum atomic E-state index is -4.49. The molecule has 0 bridgehead atoms. The predicted octanol–water partition coefficient (Wildman–Crippen LogP) is 6.31. The summed E-state index contributed by atoms with van der Waals surface area (Å²) in [7, 11) is 0. The Morgan fingerprint density at radius 3 is 2.57 bits per heavy atom. The second-order valence-corrected chi connectivity index (χ2v) is 9.32. The Kier molecular flexibility index (Phi) is 7.52. The summed E-state index contributed by atoms with van der Waals surface area (Å²) in [4.78, 5) is 6.76. The van der Waals surface area contributed by atoms with Gasteiger partial charge in [-0.05, 0) is 56.9 Å². The molecule has 3 aromatic rings. The van der Waals surface area contributed by atoms with Crippen molar-refractivity contribution in [1.29, 1.82) is 0 Å². The number of fused-ring (bicyclic) bond motifs is 1. The highest BCUT2D eigenvalue weighted by atomic mass is 19.4. The number of nitrogens with one attached hydrogen (secondary N) is 1. The normalized spacial score (nSPS) is 16.4. The van der Waals surface area contributed by atoms with Crippen LogP contribution in [0.4, 0.5) is 24.5 Å². The number of aromatic nitrogens is 1. The van der Waals surface area contributed by atoms with E-state index in [0.717, 1.165) is 67.6 Å². The number of pyridine rings is 1. The van der Waals surface area contributed by atoms with E-state index in [-0.39, 0.29) is 5.75 Å². The average Bonchev–Trinajstić information content (AvgIpc) is 2.82. The van der Waals surface area contributed by atoms with Crippen LogP contribution in [0.3, 0.4) is 0 Å². The van der Waals surface area contributed by atoms with Gasteiger partial charge in [0.05, 0.1) is 23.3 Å². The zero-order valence-corrected chi connectivity index (χ0v) is 20.2. The number of rotatable bonds is 8. The topological polar surface area (TPSA) is 57.6 Å². The van der Waals surface area contributed by atoms with Crippen molar-refractivity contribution in [3.63, 3.8) is 0 Å². The van der Waals surface area contributed by atoms with Crippen LogP contribution in [0.1, 0.15) is 43.9 Å². The number of hydrogen-bond donors (Lipinski definition) is 2. The number of nitrogens with zero attached hydrogens (tertiary/aromatic N) is 2. The Hall–Kier alpha value is -2.84. The van der Waals surface area contributed by atoms with Gasteiger partial charge in [0.15, 0.2) is 0 Å². The van der Waals surface area contributed by atoms with Gasteiger partial charge in [-0.3, -0.25) is 4.98 Å². The summed E-state index contributed by atoms with van der Waals surface area (Å²) in [6.07, 6.45) is -1.55. The molecule has 1 fully saturated rings. The van der Waals surface area contributed by atoms with Crippen LogP contribution in [0.2, 0.25) is 0 Å². The average molecular weight is 488 g/mol. The van der Waals surface area contributed by atoms with E-state index in [9.17, 15) is 18.3 Å². The maximum atomic E-state index is 13.6. The number of aryl methyl sites for hydroxylation is 1. The van der Waals surface area contributed by atoms with Crippen molar-refractivity contribution < 1.29 is 23.0 Å².